The SMILES string of the molecule is COc1cc(C(=O)OCC2CCCN(CC3COc4ccccc4O3)C2)cc(OC)c1OC. The monoisotopic (exact) mass is 457 g/mol. The van der Waals surface area contributed by atoms with Gasteiger partial charge in [0.2, 0.25) is 5.75 Å². The van der Waals surface area contributed by atoms with Crippen LogP contribution in [0, 0.1) is 5.92 Å². The van der Waals surface area contributed by atoms with E-state index in [2.05, 4.69) is 4.90 Å². The number of piperidine rings is 1. The van der Waals surface area contributed by atoms with Crippen molar-refractivity contribution in [2.75, 3.05) is 54.2 Å². The van der Waals surface area contributed by atoms with E-state index in [1.165, 1.54) is 21.3 Å². The van der Waals surface area contributed by atoms with Gasteiger partial charge in [0.25, 0.3) is 0 Å². The molecule has 1 fully saturated rings. The summed E-state index contributed by atoms with van der Waals surface area (Å²) in [4.78, 5) is 15.1. The minimum absolute atomic E-state index is 0.0135. The van der Waals surface area contributed by atoms with Gasteiger partial charge in [-0.25, -0.2) is 4.79 Å². The summed E-state index contributed by atoms with van der Waals surface area (Å²) in [6, 6.07) is 11.0. The smallest absolute Gasteiger partial charge is 0.338 e. The fraction of sp³-hybridized carbons (Fsp3) is 0.480. The molecule has 4 rings (SSSR count). The van der Waals surface area contributed by atoms with Crippen LogP contribution >= 0.6 is 0 Å². The first-order valence-corrected chi connectivity index (χ1v) is 11.2. The predicted octanol–water partition coefficient (Wildman–Crippen LogP) is 3.42. The van der Waals surface area contributed by atoms with Crippen LogP contribution in [0.3, 0.4) is 0 Å². The lowest BCUT2D eigenvalue weighted by Crippen LogP contribution is -2.45. The van der Waals surface area contributed by atoms with Crippen LogP contribution in [0.1, 0.15) is 23.2 Å². The lowest BCUT2D eigenvalue weighted by molar-refractivity contribution is 0.0220. The average molecular weight is 458 g/mol. The number of nitrogens with zero attached hydrogens (tertiary/aromatic N) is 1. The summed E-state index contributed by atoms with van der Waals surface area (Å²) in [6.45, 7) is 3.53. The average Bonchev–Trinajstić information content (AvgIpc) is 2.86. The quantitative estimate of drug-likeness (QED) is 0.558. The number of likely N-dealkylation sites (tertiary alicyclic amines) is 1. The molecule has 2 aromatic rings. The summed E-state index contributed by atoms with van der Waals surface area (Å²) >= 11 is 0. The maximum Gasteiger partial charge on any atom is 0.338 e. The molecule has 8 heteroatoms. The Balaban J connectivity index is 1.31. The van der Waals surface area contributed by atoms with Gasteiger partial charge >= 0.3 is 5.97 Å². The molecule has 2 aliphatic rings. The second-order valence-corrected chi connectivity index (χ2v) is 8.28. The molecule has 0 radical (unpaired) electrons. The predicted molar refractivity (Wildman–Crippen MR) is 122 cm³/mol. The van der Waals surface area contributed by atoms with E-state index in [0.29, 0.717) is 36.0 Å². The van der Waals surface area contributed by atoms with Crippen molar-refractivity contribution >= 4 is 5.97 Å². The van der Waals surface area contributed by atoms with Gasteiger partial charge in [0.05, 0.1) is 33.5 Å². The fourth-order valence-corrected chi connectivity index (χ4v) is 4.37. The van der Waals surface area contributed by atoms with Crippen molar-refractivity contribution in [3.8, 4) is 28.7 Å². The third kappa shape index (κ3) is 5.45. The van der Waals surface area contributed by atoms with E-state index in [1.54, 1.807) is 12.1 Å². The van der Waals surface area contributed by atoms with Crippen molar-refractivity contribution in [2.24, 2.45) is 5.92 Å². The second-order valence-electron chi connectivity index (χ2n) is 8.28. The molecule has 2 atom stereocenters. The summed E-state index contributed by atoms with van der Waals surface area (Å²) < 4.78 is 33.6. The summed E-state index contributed by atoms with van der Waals surface area (Å²) in [5.41, 5.74) is 0.364. The van der Waals surface area contributed by atoms with Crippen LogP contribution in [-0.2, 0) is 4.74 Å². The maximum atomic E-state index is 12.7. The Hall–Kier alpha value is -3.13. The van der Waals surface area contributed by atoms with Crippen molar-refractivity contribution in [1.82, 2.24) is 4.90 Å². The number of fused-ring (bicyclic) bond motifs is 1. The number of hydrogen-bond donors (Lipinski definition) is 0. The molecule has 0 aliphatic carbocycles. The highest BCUT2D eigenvalue weighted by Gasteiger charge is 2.27. The lowest BCUT2D eigenvalue weighted by Gasteiger charge is -2.36. The highest BCUT2D eigenvalue weighted by molar-refractivity contribution is 5.91. The topological polar surface area (TPSA) is 75.7 Å². The van der Waals surface area contributed by atoms with Gasteiger partial charge in [-0.05, 0) is 43.7 Å². The van der Waals surface area contributed by atoms with Gasteiger partial charge in [0.15, 0.2) is 23.0 Å². The number of carbonyl (C=O) groups excluding carboxylic acids is 1. The number of ether oxygens (including phenoxy) is 6. The summed E-state index contributed by atoms with van der Waals surface area (Å²) in [6.07, 6.45) is 2.06. The highest BCUT2D eigenvalue weighted by Crippen LogP contribution is 2.38. The van der Waals surface area contributed by atoms with E-state index in [0.717, 1.165) is 44.0 Å². The summed E-state index contributed by atoms with van der Waals surface area (Å²) in [5, 5.41) is 0. The normalized spacial score (nSPS) is 20.1. The summed E-state index contributed by atoms with van der Waals surface area (Å²) in [7, 11) is 4.56. The molecule has 0 saturated carbocycles. The molecule has 0 amide bonds. The number of methoxy groups -OCH3 is 3. The zero-order valence-corrected chi connectivity index (χ0v) is 19.4. The Bertz CT molecular complexity index is 939. The molecule has 2 unspecified atom stereocenters. The largest absolute Gasteiger partial charge is 0.493 e. The van der Waals surface area contributed by atoms with Crippen LogP contribution in [0.2, 0.25) is 0 Å². The molecule has 1 saturated heterocycles. The Labute approximate surface area is 194 Å². The molecule has 2 aliphatic heterocycles. The Morgan fingerprint density at radius 3 is 2.48 bits per heavy atom. The third-order valence-electron chi connectivity index (χ3n) is 5.98. The number of carbonyl (C=O) groups is 1. The molecule has 0 N–H and O–H groups in total. The van der Waals surface area contributed by atoms with E-state index >= 15 is 0 Å². The van der Waals surface area contributed by atoms with Gasteiger partial charge in [-0.2, -0.15) is 0 Å². The molecule has 178 valence electrons. The molecule has 2 aromatic carbocycles. The molecular formula is C25H31NO7. The standard InChI is InChI=1S/C25H31NO7/c1-28-22-11-18(12-23(29-2)24(22)30-3)25(27)32-15-17-7-6-10-26(13-17)14-19-16-31-20-8-4-5-9-21(20)33-19/h4-5,8-9,11-12,17,19H,6-7,10,13-16H2,1-3H3. The van der Waals surface area contributed by atoms with Crippen molar-refractivity contribution in [3.63, 3.8) is 0 Å². The van der Waals surface area contributed by atoms with Crippen molar-refractivity contribution < 1.29 is 33.2 Å². The highest BCUT2D eigenvalue weighted by atomic mass is 16.6. The zero-order valence-electron chi connectivity index (χ0n) is 19.4. The fourth-order valence-electron chi connectivity index (χ4n) is 4.37. The van der Waals surface area contributed by atoms with Crippen molar-refractivity contribution in [2.45, 2.75) is 18.9 Å². The molecule has 8 nitrogen and oxygen atoms in total. The molecular weight excluding hydrogens is 426 g/mol. The molecule has 33 heavy (non-hydrogen) atoms. The van der Waals surface area contributed by atoms with E-state index in [9.17, 15) is 4.79 Å². The number of para-hydroxylation sites is 2. The minimum Gasteiger partial charge on any atom is -0.493 e. The molecule has 0 bridgehead atoms. The number of esters is 1. The van der Waals surface area contributed by atoms with Gasteiger partial charge in [-0.3, -0.25) is 4.90 Å². The van der Waals surface area contributed by atoms with Crippen molar-refractivity contribution in [1.29, 1.82) is 0 Å². The van der Waals surface area contributed by atoms with Gasteiger partial charge in [-0.1, -0.05) is 12.1 Å². The second kappa shape index (κ2) is 10.7. The van der Waals surface area contributed by atoms with E-state index in [-0.39, 0.29) is 12.0 Å². The van der Waals surface area contributed by atoms with Gasteiger partial charge in [0, 0.05) is 19.0 Å². The maximum absolute atomic E-state index is 12.7. The van der Waals surface area contributed by atoms with Crippen LogP contribution in [0.4, 0.5) is 0 Å². The lowest BCUT2D eigenvalue weighted by atomic mass is 9.98. The van der Waals surface area contributed by atoms with Crippen LogP contribution in [0.25, 0.3) is 0 Å². The Kier molecular flexibility index (Phi) is 7.44. The van der Waals surface area contributed by atoms with Crippen LogP contribution in [-0.4, -0.2) is 71.2 Å². The first-order valence-electron chi connectivity index (χ1n) is 11.2. The van der Waals surface area contributed by atoms with Crippen LogP contribution < -0.4 is 23.7 Å². The van der Waals surface area contributed by atoms with E-state index in [1.807, 2.05) is 24.3 Å². The number of hydrogen-bond acceptors (Lipinski definition) is 8. The molecule has 0 aromatic heterocycles. The van der Waals surface area contributed by atoms with E-state index in [4.69, 9.17) is 28.4 Å². The first kappa shape index (κ1) is 23.0. The van der Waals surface area contributed by atoms with Gasteiger partial charge < -0.3 is 28.4 Å². The molecule has 0 spiro atoms. The number of benzene rings is 2. The Morgan fingerprint density at radius 1 is 1.06 bits per heavy atom. The first-order chi connectivity index (χ1) is 16.1. The van der Waals surface area contributed by atoms with Crippen molar-refractivity contribution in [3.05, 3.63) is 42.0 Å². The summed E-state index contributed by atoms with van der Waals surface area (Å²) in [5.74, 6) is 2.72. The molecule has 2 heterocycles. The zero-order chi connectivity index (χ0) is 23.2. The minimum atomic E-state index is -0.410. The van der Waals surface area contributed by atoms with Gasteiger partial charge in [-0.15, -0.1) is 0 Å². The van der Waals surface area contributed by atoms with Gasteiger partial charge in [0.1, 0.15) is 12.7 Å². The van der Waals surface area contributed by atoms with Crippen LogP contribution in [0.5, 0.6) is 28.7 Å². The number of rotatable bonds is 8. The third-order valence-corrected chi connectivity index (χ3v) is 5.98. The van der Waals surface area contributed by atoms with E-state index < -0.39 is 5.97 Å². The Morgan fingerprint density at radius 2 is 1.79 bits per heavy atom. The van der Waals surface area contributed by atoms with Crippen LogP contribution in [0.15, 0.2) is 36.4 Å².